The Kier molecular flexibility index (Phi) is 4.49. The van der Waals surface area contributed by atoms with Crippen LogP contribution in [-0.4, -0.2) is 11.6 Å². The zero-order chi connectivity index (χ0) is 18.5. The van der Waals surface area contributed by atoms with Crippen molar-refractivity contribution in [2.75, 3.05) is 0 Å². The van der Waals surface area contributed by atoms with Crippen LogP contribution in [0.5, 0.6) is 0 Å². The molecule has 0 radical (unpaired) electrons. The molecule has 0 aromatic heterocycles. The Morgan fingerprint density at radius 1 is 1.15 bits per heavy atom. The third-order valence-electron chi connectivity index (χ3n) is 6.80. The lowest BCUT2D eigenvalue weighted by Crippen LogP contribution is -2.42. The molecule has 6 heteroatoms. The summed E-state index contributed by atoms with van der Waals surface area (Å²) in [6, 6.07) is 1.42. The first kappa shape index (κ1) is 18.1. The van der Waals surface area contributed by atoms with E-state index in [1.807, 2.05) is 0 Å². The van der Waals surface area contributed by atoms with Gasteiger partial charge in [-0.25, -0.2) is 13.2 Å². The Labute approximate surface area is 156 Å². The summed E-state index contributed by atoms with van der Waals surface area (Å²) in [4.78, 5) is 12.8. The van der Waals surface area contributed by atoms with Crippen LogP contribution in [0.15, 0.2) is 12.1 Å². The molecule has 1 aromatic carbocycles. The van der Waals surface area contributed by atoms with Crippen molar-refractivity contribution in [3.05, 3.63) is 34.4 Å². The molecule has 3 fully saturated rings. The summed E-state index contributed by atoms with van der Waals surface area (Å²) < 4.78 is 44.2. The van der Waals surface area contributed by atoms with Crippen LogP contribution in [-0.2, 0) is 4.79 Å². The van der Waals surface area contributed by atoms with Gasteiger partial charge in [-0.15, -0.1) is 0 Å². The largest absolute Gasteiger partial charge is 0.348 e. The summed E-state index contributed by atoms with van der Waals surface area (Å²) in [5, 5.41) is 2.74. The van der Waals surface area contributed by atoms with Gasteiger partial charge in [-0.3, -0.25) is 4.79 Å². The standard InChI is InChI=1S/C20H23ClF3NO/c21-13-5-6-14(22)15(16(13)23)17(25-18(26)12-3-1-2-4-12)19-7-9-20(24,11-19)10-8-19/h5-6,12,17H,1-4,7-11H2,(H,25,26). The van der Waals surface area contributed by atoms with Gasteiger partial charge in [0, 0.05) is 11.5 Å². The van der Waals surface area contributed by atoms with Gasteiger partial charge in [0.1, 0.15) is 17.3 Å². The molecule has 142 valence electrons. The number of hydrogen-bond acceptors (Lipinski definition) is 1. The maximum absolute atomic E-state index is 14.8. The van der Waals surface area contributed by atoms with Crippen molar-refractivity contribution in [1.82, 2.24) is 5.32 Å². The molecule has 1 unspecified atom stereocenters. The van der Waals surface area contributed by atoms with E-state index in [2.05, 4.69) is 5.32 Å². The first-order valence-corrected chi connectivity index (χ1v) is 9.84. The van der Waals surface area contributed by atoms with E-state index in [-0.39, 0.29) is 28.8 Å². The van der Waals surface area contributed by atoms with Crippen LogP contribution >= 0.6 is 11.6 Å². The molecule has 0 heterocycles. The van der Waals surface area contributed by atoms with Gasteiger partial charge in [-0.1, -0.05) is 24.4 Å². The minimum Gasteiger partial charge on any atom is -0.348 e. The summed E-state index contributed by atoms with van der Waals surface area (Å²) in [5.74, 6) is -1.89. The van der Waals surface area contributed by atoms with E-state index in [1.165, 1.54) is 6.07 Å². The van der Waals surface area contributed by atoms with Crippen LogP contribution in [0, 0.1) is 23.0 Å². The molecular weight excluding hydrogens is 363 g/mol. The fraction of sp³-hybridized carbons (Fsp3) is 0.650. The van der Waals surface area contributed by atoms with Gasteiger partial charge in [-0.2, -0.15) is 0 Å². The third-order valence-corrected chi connectivity index (χ3v) is 7.10. The fourth-order valence-corrected chi connectivity index (χ4v) is 5.52. The smallest absolute Gasteiger partial charge is 0.223 e. The lowest BCUT2D eigenvalue weighted by Gasteiger charge is -2.37. The number of halogens is 4. The number of fused-ring (bicyclic) bond motifs is 2. The normalized spacial score (nSPS) is 32.2. The van der Waals surface area contributed by atoms with Gasteiger partial charge in [0.15, 0.2) is 0 Å². The SMILES string of the molecule is O=C(NC(c1c(F)ccc(Cl)c1F)C12CCC(F)(CC1)C2)C1CCCC1. The van der Waals surface area contributed by atoms with E-state index in [1.54, 1.807) is 0 Å². The zero-order valence-corrected chi connectivity index (χ0v) is 15.3. The zero-order valence-electron chi connectivity index (χ0n) is 14.6. The number of rotatable bonds is 4. The number of hydrogen-bond donors (Lipinski definition) is 1. The Balaban J connectivity index is 1.73. The lowest BCUT2D eigenvalue weighted by molar-refractivity contribution is -0.126. The monoisotopic (exact) mass is 385 g/mol. The van der Waals surface area contributed by atoms with Crippen LogP contribution in [0.3, 0.4) is 0 Å². The second-order valence-corrected chi connectivity index (χ2v) is 8.78. The highest BCUT2D eigenvalue weighted by Gasteiger charge is 2.59. The van der Waals surface area contributed by atoms with Crippen molar-refractivity contribution >= 4 is 17.5 Å². The molecule has 26 heavy (non-hydrogen) atoms. The number of carbonyl (C=O) groups excluding carboxylic acids is 1. The maximum Gasteiger partial charge on any atom is 0.223 e. The van der Waals surface area contributed by atoms with Crippen molar-refractivity contribution in [1.29, 1.82) is 0 Å². The minimum atomic E-state index is -1.28. The lowest BCUT2D eigenvalue weighted by atomic mass is 9.74. The van der Waals surface area contributed by atoms with Gasteiger partial charge in [0.05, 0.1) is 11.1 Å². The average Bonchev–Trinajstić information content (AvgIpc) is 3.32. The molecule has 1 amide bonds. The Hall–Kier alpha value is -1.23. The molecule has 3 aliphatic rings. The third kappa shape index (κ3) is 2.92. The van der Waals surface area contributed by atoms with Gasteiger partial charge in [0.2, 0.25) is 5.91 Å². The van der Waals surface area contributed by atoms with Crippen LogP contribution in [0.1, 0.15) is 69.4 Å². The van der Waals surface area contributed by atoms with Crippen LogP contribution in [0.2, 0.25) is 5.02 Å². The van der Waals surface area contributed by atoms with Crippen molar-refractivity contribution in [2.24, 2.45) is 11.3 Å². The Morgan fingerprint density at radius 2 is 1.81 bits per heavy atom. The molecule has 4 rings (SSSR count). The molecule has 3 saturated carbocycles. The van der Waals surface area contributed by atoms with E-state index >= 15 is 0 Å². The van der Waals surface area contributed by atoms with Crippen molar-refractivity contribution < 1.29 is 18.0 Å². The van der Waals surface area contributed by atoms with Crippen molar-refractivity contribution in [2.45, 2.75) is 69.5 Å². The first-order valence-electron chi connectivity index (χ1n) is 9.46. The number of nitrogens with one attached hydrogen (secondary N) is 1. The Bertz CT molecular complexity index is 724. The molecule has 0 spiro atoms. The second-order valence-electron chi connectivity index (χ2n) is 8.37. The molecule has 1 atom stereocenters. The molecule has 3 aliphatic carbocycles. The summed E-state index contributed by atoms with van der Waals surface area (Å²) in [5.41, 5.74) is -2.13. The van der Waals surface area contributed by atoms with Crippen molar-refractivity contribution in [3.8, 4) is 0 Å². The molecule has 1 N–H and O–H groups in total. The summed E-state index contributed by atoms with van der Waals surface area (Å²) in [6.07, 6.45) is 5.59. The summed E-state index contributed by atoms with van der Waals surface area (Å²) >= 11 is 5.90. The van der Waals surface area contributed by atoms with E-state index in [0.29, 0.717) is 25.7 Å². The quantitative estimate of drug-likeness (QED) is 0.668. The molecule has 2 bridgehead atoms. The highest BCUT2D eigenvalue weighted by molar-refractivity contribution is 6.30. The van der Waals surface area contributed by atoms with Crippen LogP contribution in [0.25, 0.3) is 0 Å². The maximum atomic E-state index is 14.8. The van der Waals surface area contributed by atoms with Crippen molar-refractivity contribution in [3.63, 3.8) is 0 Å². The Morgan fingerprint density at radius 3 is 2.38 bits per heavy atom. The van der Waals surface area contributed by atoms with Gasteiger partial charge < -0.3 is 5.32 Å². The molecule has 0 saturated heterocycles. The van der Waals surface area contributed by atoms with E-state index in [9.17, 15) is 18.0 Å². The molecule has 0 aliphatic heterocycles. The number of carbonyl (C=O) groups is 1. The fourth-order valence-electron chi connectivity index (χ4n) is 5.36. The average molecular weight is 386 g/mol. The summed E-state index contributed by atoms with van der Waals surface area (Å²) in [6.45, 7) is 0. The second kappa shape index (κ2) is 6.43. The minimum absolute atomic E-state index is 0.128. The van der Waals surface area contributed by atoms with Crippen LogP contribution < -0.4 is 5.32 Å². The molecule has 1 aromatic rings. The highest BCUT2D eigenvalue weighted by Crippen LogP contribution is 2.63. The molecular formula is C20H23ClF3NO. The predicted molar refractivity (Wildman–Crippen MR) is 93.6 cm³/mol. The first-order chi connectivity index (χ1) is 12.3. The van der Waals surface area contributed by atoms with Gasteiger partial charge >= 0.3 is 0 Å². The molecule has 2 nitrogen and oxygen atoms in total. The predicted octanol–water partition coefficient (Wildman–Crippen LogP) is 5.64. The topological polar surface area (TPSA) is 29.1 Å². The number of benzene rings is 1. The van der Waals surface area contributed by atoms with Gasteiger partial charge in [-0.05, 0) is 62.5 Å². The van der Waals surface area contributed by atoms with Gasteiger partial charge in [0.25, 0.3) is 0 Å². The van der Waals surface area contributed by atoms with E-state index < -0.39 is 28.8 Å². The highest BCUT2D eigenvalue weighted by atomic mass is 35.5. The van der Waals surface area contributed by atoms with E-state index in [4.69, 9.17) is 11.6 Å². The van der Waals surface area contributed by atoms with Crippen LogP contribution in [0.4, 0.5) is 13.2 Å². The number of alkyl halides is 1. The number of amides is 1. The summed E-state index contributed by atoms with van der Waals surface area (Å²) in [7, 11) is 0. The van der Waals surface area contributed by atoms with E-state index in [0.717, 1.165) is 31.7 Å².